The van der Waals surface area contributed by atoms with Crippen molar-refractivity contribution in [1.29, 1.82) is 0 Å². The highest BCUT2D eigenvalue weighted by Gasteiger charge is 2.30. The molecule has 0 aromatic carbocycles. The van der Waals surface area contributed by atoms with E-state index in [0.717, 1.165) is 0 Å². The van der Waals surface area contributed by atoms with Crippen molar-refractivity contribution in [3.05, 3.63) is 0 Å². The van der Waals surface area contributed by atoms with Crippen molar-refractivity contribution < 1.29 is 29.4 Å². The molecule has 0 aliphatic carbocycles. The Morgan fingerprint density at radius 3 is 2.04 bits per heavy atom. The van der Waals surface area contributed by atoms with E-state index >= 15 is 0 Å². The minimum atomic E-state index is -1.41. The standard InChI is InChI=1S/C15H28N4O6/c1-8(2)12(15(24)25)19-14(23)10(7-11(20)21)18-13(22)9(17)5-3-4-6-16/h8-10,12H,3-7,16-17H2,1-2H3,(H,18,22)(H,19,23)(H,20,21)(H,24,25)/t9-,10-,12-/m0/s1. The van der Waals surface area contributed by atoms with Crippen LogP contribution in [0.15, 0.2) is 0 Å². The summed E-state index contributed by atoms with van der Waals surface area (Å²) in [6, 6.07) is -3.51. The van der Waals surface area contributed by atoms with Gasteiger partial charge in [0.05, 0.1) is 12.5 Å². The highest BCUT2D eigenvalue weighted by molar-refractivity contribution is 5.93. The van der Waals surface area contributed by atoms with E-state index in [1.807, 2.05) is 0 Å². The number of unbranched alkanes of at least 4 members (excludes halogenated alkanes) is 1. The molecule has 0 rings (SSSR count). The highest BCUT2D eigenvalue weighted by atomic mass is 16.4. The number of hydrogen-bond acceptors (Lipinski definition) is 6. The van der Waals surface area contributed by atoms with E-state index in [0.29, 0.717) is 25.8 Å². The molecule has 0 aliphatic heterocycles. The van der Waals surface area contributed by atoms with Gasteiger partial charge in [0.2, 0.25) is 11.8 Å². The molecule has 0 unspecified atom stereocenters. The number of nitrogens with two attached hydrogens (primary N) is 2. The van der Waals surface area contributed by atoms with Gasteiger partial charge in [-0.1, -0.05) is 20.3 Å². The predicted octanol–water partition coefficient (Wildman–Crippen LogP) is -1.37. The van der Waals surface area contributed by atoms with Crippen LogP contribution in [-0.4, -0.2) is 58.6 Å². The first-order valence-corrected chi connectivity index (χ1v) is 8.11. The number of amides is 2. The fraction of sp³-hybridized carbons (Fsp3) is 0.733. The van der Waals surface area contributed by atoms with Gasteiger partial charge in [0, 0.05) is 0 Å². The molecule has 10 heteroatoms. The highest BCUT2D eigenvalue weighted by Crippen LogP contribution is 2.05. The van der Waals surface area contributed by atoms with E-state index in [4.69, 9.17) is 21.7 Å². The van der Waals surface area contributed by atoms with Crippen molar-refractivity contribution in [3.63, 3.8) is 0 Å². The Hall–Kier alpha value is -2.20. The Morgan fingerprint density at radius 2 is 1.60 bits per heavy atom. The number of nitrogens with one attached hydrogen (secondary N) is 2. The Balaban J connectivity index is 4.93. The first kappa shape index (κ1) is 22.8. The average molecular weight is 360 g/mol. The monoisotopic (exact) mass is 360 g/mol. The van der Waals surface area contributed by atoms with Crippen molar-refractivity contribution >= 4 is 23.8 Å². The molecule has 0 aromatic heterocycles. The molecule has 0 radical (unpaired) electrons. The van der Waals surface area contributed by atoms with Crippen LogP contribution in [0.4, 0.5) is 0 Å². The largest absolute Gasteiger partial charge is 0.481 e. The molecule has 8 N–H and O–H groups in total. The second-order valence-electron chi connectivity index (χ2n) is 6.12. The van der Waals surface area contributed by atoms with Crippen molar-refractivity contribution in [2.24, 2.45) is 17.4 Å². The number of carbonyl (C=O) groups excluding carboxylic acids is 2. The average Bonchev–Trinajstić information content (AvgIpc) is 2.50. The van der Waals surface area contributed by atoms with E-state index in [1.165, 1.54) is 0 Å². The van der Waals surface area contributed by atoms with Gasteiger partial charge in [0.25, 0.3) is 0 Å². The van der Waals surface area contributed by atoms with Crippen LogP contribution in [0.3, 0.4) is 0 Å². The third-order valence-electron chi connectivity index (χ3n) is 3.55. The minimum Gasteiger partial charge on any atom is -0.481 e. The third kappa shape index (κ3) is 9.01. The van der Waals surface area contributed by atoms with Gasteiger partial charge in [-0.3, -0.25) is 14.4 Å². The lowest BCUT2D eigenvalue weighted by molar-refractivity contribution is -0.144. The van der Waals surface area contributed by atoms with Gasteiger partial charge in [-0.25, -0.2) is 4.79 Å². The first-order chi connectivity index (χ1) is 11.6. The van der Waals surface area contributed by atoms with Crippen LogP contribution in [0.2, 0.25) is 0 Å². The lowest BCUT2D eigenvalue weighted by Gasteiger charge is -2.23. The number of carbonyl (C=O) groups is 4. The summed E-state index contributed by atoms with van der Waals surface area (Å²) in [7, 11) is 0. The Kier molecular flexibility index (Phi) is 10.4. The maximum absolute atomic E-state index is 12.2. The fourth-order valence-corrected chi connectivity index (χ4v) is 2.07. The van der Waals surface area contributed by atoms with Crippen LogP contribution in [0.25, 0.3) is 0 Å². The second kappa shape index (κ2) is 11.4. The zero-order chi connectivity index (χ0) is 19.6. The molecule has 0 aromatic rings. The second-order valence-corrected chi connectivity index (χ2v) is 6.12. The predicted molar refractivity (Wildman–Crippen MR) is 89.5 cm³/mol. The molecule has 0 aliphatic rings. The lowest BCUT2D eigenvalue weighted by atomic mass is 10.0. The zero-order valence-electron chi connectivity index (χ0n) is 14.5. The van der Waals surface area contributed by atoms with Crippen molar-refractivity contribution in [3.8, 4) is 0 Å². The summed E-state index contributed by atoms with van der Waals surface area (Å²) < 4.78 is 0. The molecule has 0 spiro atoms. The van der Waals surface area contributed by atoms with Crippen LogP contribution < -0.4 is 22.1 Å². The van der Waals surface area contributed by atoms with Gasteiger partial charge in [-0.2, -0.15) is 0 Å². The Bertz CT molecular complexity index is 483. The molecular formula is C15H28N4O6. The minimum absolute atomic E-state index is 0.341. The molecule has 0 fully saturated rings. The molecular weight excluding hydrogens is 332 g/mol. The van der Waals surface area contributed by atoms with Crippen molar-refractivity contribution in [1.82, 2.24) is 10.6 Å². The summed E-state index contributed by atoms with van der Waals surface area (Å²) in [4.78, 5) is 46.3. The molecule has 0 bridgehead atoms. The lowest BCUT2D eigenvalue weighted by Crippen LogP contribution is -2.56. The summed E-state index contributed by atoms with van der Waals surface area (Å²) in [5, 5.41) is 22.5. The summed E-state index contributed by atoms with van der Waals surface area (Å²) in [5.74, 6) is -4.53. The van der Waals surface area contributed by atoms with E-state index in [-0.39, 0.29) is 0 Å². The molecule has 0 saturated carbocycles. The van der Waals surface area contributed by atoms with E-state index in [1.54, 1.807) is 13.8 Å². The zero-order valence-corrected chi connectivity index (χ0v) is 14.5. The third-order valence-corrected chi connectivity index (χ3v) is 3.55. The molecule has 0 saturated heterocycles. The number of carboxylic acids is 2. The fourth-order valence-electron chi connectivity index (χ4n) is 2.07. The smallest absolute Gasteiger partial charge is 0.326 e. The molecule has 10 nitrogen and oxygen atoms in total. The summed E-state index contributed by atoms with van der Waals surface area (Å²) in [5.41, 5.74) is 11.1. The maximum Gasteiger partial charge on any atom is 0.326 e. The maximum atomic E-state index is 12.2. The Morgan fingerprint density at radius 1 is 1.00 bits per heavy atom. The van der Waals surface area contributed by atoms with Crippen LogP contribution in [0, 0.1) is 5.92 Å². The molecule has 144 valence electrons. The summed E-state index contributed by atoms with van der Waals surface area (Å²) >= 11 is 0. The van der Waals surface area contributed by atoms with Crippen molar-refractivity contribution in [2.45, 2.75) is 57.7 Å². The van der Waals surface area contributed by atoms with Crippen LogP contribution in [0.5, 0.6) is 0 Å². The van der Waals surface area contributed by atoms with Crippen LogP contribution in [0.1, 0.15) is 39.5 Å². The molecule has 2 amide bonds. The molecule has 25 heavy (non-hydrogen) atoms. The Labute approximate surface area is 146 Å². The van der Waals surface area contributed by atoms with Crippen molar-refractivity contribution in [2.75, 3.05) is 6.54 Å². The first-order valence-electron chi connectivity index (χ1n) is 8.11. The van der Waals surface area contributed by atoms with Crippen LogP contribution in [-0.2, 0) is 19.2 Å². The van der Waals surface area contributed by atoms with Gasteiger partial charge in [-0.05, 0) is 25.3 Å². The molecule has 0 heterocycles. The summed E-state index contributed by atoms with van der Waals surface area (Å²) in [6.45, 7) is 3.65. The SMILES string of the molecule is CC(C)[C@H](NC(=O)[C@H](CC(=O)O)NC(=O)[C@@H](N)CCCCN)C(=O)O. The van der Waals surface area contributed by atoms with E-state index in [9.17, 15) is 19.2 Å². The van der Waals surface area contributed by atoms with Gasteiger partial charge in [0.1, 0.15) is 12.1 Å². The van der Waals surface area contributed by atoms with Gasteiger partial charge in [0.15, 0.2) is 0 Å². The van der Waals surface area contributed by atoms with Gasteiger partial charge >= 0.3 is 11.9 Å². The number of hydrogen-bond donors (Lipinski definition) is 6. The van der Waals surface area contributed by atoms with Gasteiger partial charge in [-0.15, -0.1) is 0 Å². The van der Waals surface area contributed by atoms with Crippen LogP contribution >= 0.6 is 0 Å². The topological polar surface area (TPSA) is 185 Å². The normalized spacial score (nSPS) is 14.4. The quantitative estimate of drug-likeness (QED) is 0.230. The number of carboxylic acid groups (broad SMARTS) is 2. The van der Waals surface area contributed by atoms with E-state index < -0.39 is 54.2 Å². The van der Waals surface area contributed by atoms with Gasteiger partial charge < -0.3 is 32.3 Å². The number of aliphatic carboxylic acids is 2. The molecule has 3 atom stereocenters. The summed E-state index contributed by atoms with van der Waals surface area (Å²) in [6.07, 6.45) is 0.968. The number of rotatable bonds is 12. The van der Waals surface area contributed by atoms with E-state index in [2.05, 4.69) is 10.6 Å².